The molecular weight excluding hydrogens is 230 g/mol. The predicted octanol–water partition coefficient (Wildman–Crippen LogP) is 3.22. The van der Waals surface area contributed by atoms with Gasteiger partial charge in [-0.05, 0) is 18.6 Å². The fraction of sp³-hybridized carbons (Fsp3) is 0.545. The second kappa shape index (κ2) is 4.13. The van der Waals surface area contributed by atoms with Crippen LogP contribution in [-0.4, -0.2) is 13.2 Å². The zero-order valence-electron chi connectivity index (χ0n) is 8.50. The first kappa shape index (κ1) is 10.9. The van der Waals surface area contributed by atoms with Crippen LogP contribution in [0.3, 0.4) is 0 Å². The molecule has 1 aliphatic heterocycles. The molecule has 2 rings (SSSR count). The third-order valence-corrected chi connectivity index (χ3v) is 4.47. The molecule has 0 bridgehead atoms. The van der Waals surface area contributed by atoms with Crippen LogP contribution in [0.25, 0.3) is 0 Å². The van der Waals surface area contributed by atoms with Gasteiger partial charge in [0, 0.05) is 4.88 Å². The molecule has 2 heterocycles. The van der Waals surface area contributed by atoms with Crippen LogP contribution >= 0.6 is 22.9 Å². The number of nitriles is 1. The van der Waals surface area contributed by atoms with Gasteiger partial charge in [0.15, 0.2) is 0 Å². The minimum absolute atomic E-state index is 0.0287. The first-order valence-electron chi connectivity index (χ1n) is 4.96. The molecule has 80 valence electrons. The molecule has 0 aliphatic carbocycles. The molecule has 0 aromatic carbocycles. The van der Waals surface area contributed by atoms with Gasteiger partial charge in [0.05, 0.1) is 35.0 Å². The largest absolute Gasteiger partial charge is 0.379 e. The fourth-order valence-electron chi connectivity index (χ4n) is 2.02. The van der Waals surface area contributed by atoms with Gasteiger partial charge in [-0.15, -0.1) is 11.3 Å². The average molecular weight is 242 g/mol. The van der Waals surface area contributed by atoms with E-state index >= 15 is 0 Å². The quantitative estimate of drug-likeness (QED) is 0.814. The summed E-state index contributed by atoms with van der Waals surface area (Å²) in [6.45, 7) is 3.34. The van der Waals surface area contributed by atoms with E-state index in [2.05, 4.69) is 6.07 Å². The minimum Gasteiger partial charge on any atom is -0.379 e. The number of rotatable bonds is 3. The van der Waals surface area contributed by atoms with Crippen LogP contribution in [-0.2, 0) is 10.2 Å². The van der Waals surface area contributed by atoms with Gasteiger partial charge < -0.3 is 4.74 Å². The van der Waals surface area contributed by atoms with E-state index in [4.69, 9.17) is 21.6 Å². The van der Waals surface area contributed by atoms with Gasteiger partial charge in [0.2, 0.25) is 0 Å². The van der Waals surface area contributed by atoms with Gasteiger partial charge in [-0.3, -0.25) is 0 Å². The van der Waals surface area contributed by atoms with Crippen molar-refractivity contribution in [3.63, 3.8) is 0 Å². The number of hydrogen-bond donors (Lipinski definition) is 0. The van der Waals surface area contributed by atoms with E-state index in [1.54, 1.807) is 11.3 Å². The lowest BCUT2D eigenvalue weighted by Gasteiger charge is -2.43. The van der Waals surface area contributed by atoms with Gasteiger partial charge >= 0.3 is 0 Å². The molecule has 1 atom stereocenters. The standard InChI is InChI=1S/C11H12ClNOS/c1-2-8(5-13)11(6-14-7-11)9-3-4-10(12)15-9/h3-4,8H,2,6-7H2,1H3. The Labute approximate surface area is 98.4 Å². The van der Waals surface area contributed by atoms with Crippen LogP contribution in [0.2, 0.25) is 4.34 Å². The summed E-state index contributed by atoms with van der Waals surface area (Å²) in [6.07, 6.45) is 0.857. The molecule has 1 aromatic heterocycles. The molecule has 1 aliphatic rings. The molecule has 0 amide bonds. The highest BCUT2D eigenvalue weighted by Crippen LogP contribution is 2.44. The summed E-state index contributed by atoms with van der Waals surface area (Å²) >= 11 is 7.50. The molecule has 0 radical (unpaired) electrons. The van der Waals surface area contributed by atoms with E-state index in [9.17, 15) is 0 Å². The topological polar surface area (TPSA) is 33.0 Å². The normalized spacial score (nSPS) is 20.3. The first-order chi connectivity index (χ1) is 7.23. The Bertz CT molecular complexity index is 392. The predicted molar refractivity (Wildman–Crippen MR) is 61.2 cm³/mol. The summed E-state index contributed by atoms with van der Waals surface area (Å²) in [4.78, 5) is 1.19. The maximum atomic E-state index is 9.16. The Hall–Kier alpha value is -0.560. The lowest BCUT2D eigenvalue weighted by molar-refractivity contribution is -0.0785. The lowest BCUT2D eigenvalue weighted by Crippen LogP contribution is -2.51. The molecule has 4 heteroatoms. The molecule has 15 heavy (non-hydrogen) atoms. The van der Waals surface area contributed by atoms with Crippen LogP contribution in [0.15, 0.2) is 12.1 Å². The van der Waals surface area contributed by atoms with Crippen molar-refractivity contribution in [2.75, 3.05) is 13.2 Å². The highest BCUT2D eigenvalue weighted by Gasteiger charge is 2.47. The summed E-state index contributed by atoms with van der Waals surface area (Å²) in [5.74, 6) is 0.0287. The maximum Gasteiger partial charge on any atom is 0.0931 e. The van der Waals surface area contributed by atoms with Gasteiger partial charge in [-0.25, -0.2) is 0 Å². The van der Waals surface area contributed by atoms with Crippen molar-refractivity contribution in [1.29, 1.82) is 5.26 Å². The summed E-state index contributed by atoms with van der Waals surface area (Å²) in [5, 5.41) is 9.16. The minimum atomic E-state index is -0.0959. The van der Waals surface area contributed by atoms with Crippen molar-refractivity contribution in [3.8, 4) is 6.07 Å². The number of thiophene rings is 1. The van der Waals surface area contributed by atoms with Crippen molar-refractivity contribution in [2.45, 2.75) is 18.8 Å². The fourth-order valence-corrected chi connectivity index (χ4v) is 3.28. The van der Waals surface area contributed by atoms with E-state index in [0.717, 1.165) is 10.8 Å². The third-order valence-electron chi connectivity index (χ3n) is 3.01. The summed E-state index contributed by atoms with van der Waals surface area (Å²) in [5.41, 5.74) is -0.0959. The van der Waals surface area contributed by atoms with Crippen LogP contribution in [0.5, 0.6) is 0 Å². The van der Waals surface area contributed by atoms with Gasteiger partial charge in [-0.2, -0.15) is 5.26 Å². The smallest absolute Gasteiger partial charge is 0.0931 e. The third kappa shape index (κ3) is 1.67. The highest BCUT2D eigenvalue weighted by molar-refractivity contribution is 7.16. The number of nitrogens with zero attached hydrogens (tertiary/aromatic N) is 1. The highest BCUT2D eigenvalue weighted by atomic mass is 35.5. The Morgan fingerprint density at radius 2 is 2.40 bits per heavy atom. The van der Waals surface area contributed by atoms with Crippen molar-refractivity contribution in [2.24, 2.45) is 5.92 Å². The second-order valence-electron chi connectivity index (χ2n) is 3.84. The molecule has 1 unspecified atom stereocenters. The molecule has 1 saturated heterocycles. The first-order valence-corrected chi connectivity index (χ1v) is 6.15. The Morgan fingerprint density at radius 3 is 2.73 bits per heavy atom. The van der Waals surface area contributed by atoms with E-state index in [0.29, 0.717) is 13.2 Å². The maximum absolute atomic E-state index is 9.16. The molecule has 0 saturated carbocycles. The summed E-state index contributed by atoms with van der Waals surface area (Å²) in [7, 11) is 0. The van der Waals surface area contributed by atoms with Crippen LogP contribution in [0.1, 0.15) is 18.2 Å². The lowest BCUT2D eigenvalue weighted by atomic mass is 9.72. The molecular formula is C11H12ClNOS. The van der Waals surface area contributed by atoms with Crippen molar-refractivity contribution >= 4 is 22.9 Å². The van der Waals surface area contributed by atoms with Gasteiger partial charge in [0.1, 0.15) is 0 Å². The Balaban J connectivity index is 2.33. The number of ether oxygens (including phenoxy) is 1. The van der Waals surface area contributed by atoms with E-state index in [-0.39, 0.29) is 11.3 Å². The Kier molecular flexibility index (Phi) is 3.01. The van der Waals surface area contributed by atoms with E-state index in [1.807, 2.05) is 19.1 Å². The second-order valence-corrected chi connectivity index (χ2v) is 5.56. The van der Waals surface area contributed by atoms with Gasteiger partial charge in [0.25, 0.3) is 0 Å². The monoisotopic (exact) mass is 241 g/mol. The molecule has 0 spiro atoms. The molecule has 1 fully saturated rings. The molecule has 2 nitrogen and oxygen atoms in total. The number of halogens is 1. The van der Waals surface area contributed by atoms with Crippen LogP contribution in [0, 0.1) is 17.2 Å². The Morgan fingerprint density at radius 1 is 1.67 bits per heavy atom. The van der Waals surface area contributed by atoms with E-state index in [1.165, 1.54) is 4.88 Å². The summed E-state index contributed by atoms with van der Waals surface area (Å²) in [6, 6.07) is 6.30. The zero-order chi connectivity index (χ0) is 10.9. The molecule has 0 N–H and O–H groups in total. The van der Waals surface area contributed by atoms with Crippen LogP contribution < -0.4 is 0 Å². The summed E-state index contributed by atoms with van der Waals surface area (Å²) < 4.78 is 6.08. The molecule has 1 aromatic rings. The average Bonchev–Trinajstić information content (AvgIpc) is 2.58. The SMILES string of the molecule is CCC(C#N)C1(c2ccc(Cl)s2)COC1. The van der Waals surface area contributed by atoms with Crippen molar-refractivity contribution in [1.82, 2.24) is 0 Å². The van der Waals surface area contributed by atoms with Crippen LogP contribution in [0.4, 0.5) is 0 Å². The van der Waals surface area contributed by atoms with E-state index < -0.39 is 0 Å². The van der Waals surface area contributed by atoms with Crippen molar-refractivity contribution < 1.29 is 4.74 Å². The number of hydrogen-bond acceptors (Lipinski definition) is 3. The van der Waals surface area contributed by atoms with Gasteiger partial charge in [-0.1, -0.05) is 18.5 Å². The zero-order valence-corrected chi connectivity index (χ0v) is 10.1. The van der Waals surface area contributed by atoms with Crippen molar-refractivity contribution in [3.05, 3.63) is 21.3 Å².